The molecule has 112 valence electrons. The zero-order chi connectivity index (χ0) is 15.0. The highest BCUT2D eigenvalue weighted by molar-refractivity contribution is 5.57. The molecular formula is C14H13F3N2O2. The van der Waals surface area contributed by atoms with Crippen LogP contribution in [0, 0.1) is 0 Å². The first-order valence-electron chi connectivity index (χ1n) is 6.39. The molecule has 1 fully saturated rings. The van der Waals surface area contributed by atoms with E-state index in [1.54, 1.807) is 24.3 Å². The van der Waals surface area contributed by atoms with Crippen molar-refractivity contribution in [1.82, 2.24) is 9.55 Å². The van der Waals surface area contributed by atoms with Crippen LogP contribution in [0.2, 0.25) is 0 Å². The number of hydrogen-bond acceptors (Lipinski definition) is 3. The van der Waals surface area contributed by atoms with Gasteiger partial charge in [-0.05, 0) is 24.3 Å². The van der Waals surface area contributed by atoms with Gasteiger partial charge in [0, 0.05) is 18.8 Å². The van der Waals surface area contributed by atoms with E-state index in [0.29, 0.717) is 24.5 Å². The number of ether oxygens (including phenoxy) is 2. The standard InChI is InChI=1S/C14H13F3N2O2/c1-19-6-12(14(15,16)17)18-13(19)9-2-4-10(5-3-9)20-7-11-8-21-11/h2-6,11H,7-8H2,1H3/t11-/m1/s1. The van der Waals surface area contributed by atoms with Crippen molar-refractivity contribution in [2.75, 3.05) is 13.2 Å². The Hall–Kier alpha value is -2.02. The summed E-state index contributed by atoms with van der Waals surface area (Å²) in [5.74, 6) is 0.916. The molecule has 2 heterocycles. The van der Waals surface area contributed by atoms with Crippen LogP contribution in [0.1, 0.15) is 5.69 Å². The number of epoxide rings is 1. The van der Waals surface area contributed by atoms with Crippen molar-refractivity contribution in [3.05, 3.63) is 36.2 Å². The van der Waals surface area contributed by atoms with E-state index in [1.165, 1.54) is 11.6 Å². The molecule has 1 saturated heterocycles. The van der Waals surface area contributed by atoms with Crippen LogP contribution in [-0.2, 0) is 18.0 Å². The number of benzene rings is 1. The second-order valence-corrected chi connectivity index (χ2v) is 4.85. The summed E-state index contributed by atoms with van der Waals surface area (Å²) >= 11 is 0. The van der Waals surface area contributed by atoms with Crippen molar-refractivity contribution in [2.45, 2.75) is 12.3 Å². The minimum atomic E-state index is -4.44. The molecule has 1 atom stereocenters. The molecule has 1 aromatic carbocycles. The molecule has 21 heavy (non-hydrogen) atoms. The van der Waals surface area contributed by atoms with Gasteiger partial charge in [0.2, 0.25) is 0 Å². The highest BCUT2D eigenvalue weighted by Gasteiger charge is 2.34. The zero-order valence-electron chi connectivity index (χ0n) is 11.2. The Labute approximate surface area is 119 Å². The van der Waals surface area contributed by atoms with Gasteiger partial charge in [-0.25, -0.2) is 4.98 Å². The Bertz CT molecular complexity index is 631. The molecule has 1 aliphatic heterocycles. The predicted molar refractivity (Wildman–Crippen MR) is 68.9 cm³/mol. The highest BCUT2D eigenvalue weighted by Crippen LogP contribution is 2.31. The summed E-state index contributed by atoms with van der Waals surface area (Å²) in [5.41, 5.74) is -0.297. The second-order valence-electron chi connectivity index (χ2n) is 4.85. The van der Waals surface area contributed by atoms with Crippen LogP contribution in [0.3, 0.4) is 0 Å². The molecule has 0 saturated carbocycles. The van der Waals surface area contributed by atoms with E-state index < -0.39 is 11.9 Å². The third kappa shape index (κ3) is 3.18. The van der Waals surface area contributed by atoms with Gasteiger partial charge in [-0.15, -0.1) is 0 Å². The minimum Gasteiger partial charge on any atom is -0.491 e. The molecular weight excluding hydrogens is 285 g/mol. The molecule has 1 aromatic heterocycles. The fourth-order valence-electron chi connectivity index (χ4n) is 1.92. The summed E-state index contributed by atoms with van der Waals surface area (Å²) in [6.07, 6.45) is -3.30. The number of aryl methyl sites for hydroxylation is 1. The summed E-state index contributed by atoms with van der Waals surface area (Å²) in [6.45, 7) is 1.20. The molecule has 7 heteroatoms. The zero-order valence-corrected chi connectivity index (χ0v) is 11.2. The van der Waals surface area contributed by atoms with E-state index in [-0.39, 0.29) is 11.9 Å². The van der Waals surface area contributed by atoms with Crippen molar-refractivity contribution in [3.8, 4) is 17.1 Å². The van der Waals surface area contributed by atoms with E-state index in [4.69, 9.17) is 9.47 Å². The van der Waals surface area contributed by atoms with Crippen LogP contribution >= 0.6 is 0 Å². The summed E-state index contributed by atoms with van der Waals surface area (Å²) < 4.78 is 49.8. The van der Waals surface area contributed by atoms with Gasteiger partial charge in [-0.3, -0.25) is 0 Å². The van der Waals surface area contributed by atoms with Gasteiger partial charge in [-0.1, -0.05) is 0 Å². The van der Waals surface area contributed by atoms with Crippen LogP contribution in [0.4, 0.5) is 13.2 Å². The molecule has 0 spiro atoms. The summed E-state index contributed by atoms with van der Waals surface area (Å²) in [4.78, 5) is 3.64. The van der Waals surface area contributed by atoms with Crippen LogP contribution < -0.4 is 4.74 Å². The van der Waals surface area contributed by atoms with Crippen molar-refractivity contribution < 1.29 is 22.6 Å². The second kappa shape index (κ2) is 5.07. The fraction of sp³-hybridized carbons (Fsp3) is 0.357. The summed E-state index contributed by atoms with van der Waals surface area (Å²) in [6, 6.07) is 6.79. The molecule has 1 aliphatic rings. The lowest BCUT2D eigenvalue weighted by molar-refractivity contribution is -0.140. The Morgan fingerprint density at radius 2 is 2.00 bits per heavy atom. The normalized spacial score (nSPS) is 17.8. The lowest BCUT2D eigenvalue weighted by atomic mass is 10.2. The Balaban J connectivity index is 1.78. The van der Waals surface area contributed by atoms with Crippen molar-refractivity contribution in [1.29, 1.82) is 0 Å². The molecule has 0 N–H and O–H groups in total. The first-order chi connectivity index (χ1) is 9.93. The molecule has 0 radical (unpaired) electrons. The predicted octanol–water partition coefficient (Wildman–Crippen LogP) is 2.88. The van der Waals surface area contributed by atoms with Gasteiger partial charge >= 0.3 is 6.18 Å². The molecule has 0 amide bonds. The van der Waals surface area contributed by atoms with Crippen LogP contribution in [0.25, 0.3) is 11.4 Å². The SMILES string of the molecule is Cn1cc(C(F)(F)F)nc1-c1ccc(OC[C@@H]2CO2)cc1. The fourth-order valence-corrected chi connectivity index (χ4v) is 1.92. The third-order valence-corrected chi connectivity index (χ3v) is 3.12. The van der Waals surface area contributed by atoms with Gasteiger partial charge < -0.3 is 14.0 Å². The van der Waals surface area contributed by atoms with Gasteiger partial charge in [0.25, 0.3) is 0 Å². The van der Waals surface area contributed by atoms with E-state index in [9.17, 15) is 13.2 Å². The van der Waals surface area contributed by atoms with E-state index >= 15 is 0 Å². The Morgan fingerprint density at radius 1 is 1.33 bits per heavy atom. The Kier molecular flexibility index (Phi) is 3.36. The lowest BCUT2D eigenvalue weighted by Crippen LogP contribution is -2.05. The van der Waals surface area contributed by atoms with E-state index in [0.717, 1.165) is 6.20 Å². The van der Waals surface area contributed by atoms with Gasteiger partial charge in [0.15, 0.2) is 5.69 Å². The quantitative estimate of drug-likeness (QED) is 0.815. The maximum absolute atomic E-state index is 12.6. The molecule has 4 nitrogen and oxygen atoms in total. The smallest absolute Gasteiger partial charge is 0.434 e. The summed E-state index contributed by atoms with van der Waals surface area (Å²) in [7, 11) is 1.53. The number of imidazole rings is 1. The molecule has 0 aliphatic carbocycles. The average Bonchev–Trinajstić information content (AvgIpc) is 3.17. The minimum absolute atomic E-state index is 0.161. The highest BCUT2D eigenvalue weighted by atomic mass is 19.4. The first-order valence-corrected chi connectivity index (χ1v) is 6.39. The van der Waals surface area contributed by atoms with Gasteiger partial charge in [-0.2, -0.15) is 13.2 Å². The van der Waals surface area contributed by atoms with Gasteiger partial charge in [0.1, 0.15) is 24.3 Å². The molecule has 3 rings (SSSR count). The van der Waals surface area contributed by atoms with E-state index in [2.05, 4.69) is 4.98 Å². The molecule has 0 unspecified atom stereocenters. The van der Waals surface area contributed by atoms with Crippen LogP contribution in [0.15, 0.2) is 30.5 Å². The number of halogens is 3. The molecule has 0 bridgehead atoms. The summed E-state index contributed by atoms with van der Waals surface area (Å²) in [5, 5.41) is 0. The van der Waals surface area contributed by atoms with E-state index in [1.807, 2.05) is 0 Å². The number of hydrogen-bond donors (Lipinski definition) is 0. The van der Waals surface area contributed by atoms with Crippen molar-refractivity contribution >= 4 is 0 Å². The monoisotopic (exact) mass is 298 g/mol. The van der Waals surface area contributed by atoms with Crippen molar-refractivity contribution in [3.63, 3.8) is 0 Å². The largest absolute Gasteiger partial charge is 0.491 e. The first kappa shape index (κ1) is 13.9. The van der Waals surface area contributed by atoms with Crippen molar-refractivity contribution in [2.24, 2.45) is 7.05 Å². The maximum atomic E-state index is 12.6. The number of aromatic nitrogens is 2. The third-order valence-electron chi connectivity index (χ3n) is 3.12. The Morgan fingerprint density at radius 3 is 2.52 bits per heavy atom. The number of alkyl halides is 3. The lowest BCUT2D eigenvalue weighted by Gasteiger charge is -2.06. The van der Waals surface area contributed by atoms with Crippen LogP contribution in [0.5, 0.6) is 5.75 Å². The number of nitrogens with zero attached hydrogens (tertiary/aromatic N) is 2. The van der Waals surface area contributed by atoms with Gasteiger partial charge in [0.05, 0.1) is 6.61 Å². The van der Waals surface area contributed by atoms with Crippen LogP contribution in [-0.4, -0.2) is 28.9 Å². The maximum Gasteiger partial charge on any atom is 0.434 e. The number of rotatable bonds is 4. The average molecular weight is 298 g/mol. The molecule has 2 aromatic rings. The topological polar surface area (TPSA) is 39.6 Å².